The van der Waals surface area contributed by atoms with Crippen molar-refractivity contribution >= 4 is 0 Å². The highest BCUT2D eigenvalue weighted by atomic mass is 19.5. The van der Waals surface area contributed by atoms with E-state index in [4.69, 9.17) is 0 Å². The fourth-order valence-electron chi connectivity index (χ4n) is 2.42. The van der Waals surface area contributed by atoms with E-state index in [-0.39, 0.29) is 0 Å². The van der Waals surface area contributed by atoms with Gasteiger partial charge in [0.2, 0.25) is 0 Å². The number of rotatable bonds is 10. The van der Waals surface area contributed by atoms with Crippen molar-refractivity contribution in [2.45, 2.75) is 72.1 Å². The molecule has 0 aliphatic rings. The summed E-state index contributed by atoms with van der Waals surface area (Å²) >= 11 is 0. The lowest BCUT2D eigenvalue weighted by Gasteiger charge is -2.37. The Hall–Kier alpha value is -2.82. The molecule has 0 bridgehead atoms. The van der Waals surface area contributed by atoms with Crippen LogP contribution in [0.4, 0.5) is 132 Å². The van der Waals surface area contributed by atoms with Gasteiger partial charge in [0.05, 0.1) is 0 Å². The highest BCUT2D eigenvalue weighted by molar-refractivity contribution is 5.33. The SMILES string of the molecule is FC(OC(F)=C(C(F)(F)C(F)(F)F)C(F)(F)C(F)(F)C(F)(F)C(F)(F)F)=C(C(F)(F)C(F)(F)F)C(F)(F)C(F)(F)C(F)(F)C(F)(F)F. The predicted octanol–water partition coefficient (Wildman–Crippen LogP) is 10.7. The second kappa shape index (κ2) is 11.4. The Labute approximate surface area is 233 Å². The highest BCUT2D eigenvalue weighted by Gasteiger charge is 2.88. The number of alkyl halides is 28. The van der Waals surface area contributed by atoms with Crippen LogP contribution in [0, 0.1) is 0 Å². The number of hydrogen-bond acceptors (Lipinski definition) is 1. The van der Waals surface area contributed by atoms with Crippen LogP contribution in [0.15, 0.2) is 23.2 Å². The van der Waals surface area contributed by atoms with E-state index in [1.807, 2.05) is 0 Å². The van der Waals surface area contributed by atoms with Crippen molar-refractivity contribution in [3.8, 4) is 0 Å². The summed E-state index contributed by atoms with van der Waals surface area (Å²) in [6.45, 7) is 0. The first-order valence-electron chi connectivity index (χ1n) is 9.58. The molecule has 0 fully saturated rings. The second-order valence-corrected chi connectivity index (χ2v) is 7.99. The number of allylic oxidation sites excluding steroid dienone is 2. The molecule has 0 N–H and O–H groups in total. The summed E-state index contributed by atoms with van der Waals surface area (Å²) in [7, 11) is 0. The van der Waals surface area contributed by atoms with E-state index in [9.17, 15) is 132 Å². The Morgan fingerprint density at radius 1 is 0.255 bits per heavy atom. The Bertz CT molecular complexity index is 1120. The number of ether oxygens (including phenoxy) is 1. The van der Waals surface area contributed by atoms with Gasteiger partial charge >= 0.3 is 72.1 Å². The Kier molecular flexibility index (Phi) is 10.7. The molecule has 0 aliphatic heterocycles. The first-order chi connectivity index (χ1) is 19.8. The van der Waals surface area contributed by atoms with E-state index in [1.165, 1.54) is 4.74 Å². The van der Waals surface area contributed by atoms with Gasteiger partial charge in [0.15, 0.2) is 11.1 Å². The molecular weight excluding hydrogens is 778 g/mol. The minimum Gasteiger partial charge on any atom is -0.403 e. The van der Waals surface area contributed by atoms with Gasteiger partial charge in [-0.15, -0.1) is 0 Å². The van der Waals surface area contributed by atoms with Crippen LogP contribution in [0.2, 0.25) is 0 Å². The zero-order valence-electron chi connectivity index (χ0n) is 19.7. The molecule has 0 saturated carbocycles. The van der Waals surface area contributed by atoms with E-state index in [2.05, 4.69) is 0 Å². The molecule has 0 aromatic carbocycles. The normalized spacial score (nSPS) is 17.4. The standard InChI is InChI=1S/C16F30O/c17-3(1(7(23,24)13(35,36)37)5(19,20)9(27,28)11(31,32)15(41,42)43)47-4(18)2(8(25,26)14(38,39)40)6(21,22)10(29,30)12(33,34)16(44,45)46. The summed E-state index contributed by atoms with van der Waals surface area (Å²) in [6.07, 6.45) is -33.1. The largest absolute Gasteiger partial charge is 0.460 e. The smallest absolute Gasteiger partial charge is 0.403 e. The lowest BCUT2D eigenvalue weighted by atomic mass is 9.92. The van der Waals surface area contributed by atoms with Crippen LogP contribution < -0.4 is 0 Å². The third-order valence-corrected chi connectivity index (χ3v) is 4.83. The maximum Gasteiger partial charge on any atom is 0.460 e. The third kappa shape index (κ3) is 6.62. The van der Waals surface area contributed by atoms with Gasteiger partial charge in [-0.2, -0.15) is 132 Å². The van der Waals surface area contributed by atoms with E-state index >= 15 is 0 Å². The molecule has 0 radical (unpaired) electrons. The van der Waals surface area contributed by atoms with Crippen LogP contribution in [0.3, 0.4) is 0 Å². The first kappa shape index (κ1) is 44.2. The van der Waals surface area contributed by atoms with E-state index in [1.54, 1.807) is 0 Å². The van der Waals surface area contributed by atoms with Crippen molar-refractivity contribution in [3.63, 3.8) is 0 Å². The Morgan fingerprint density at radius 2 is 0.447 bits per heavy atom. The molecule has 0 atom stereocenters. The molecule has 0 rings (SSSR count). The van der Waals surface area contributed by atoms with Gasteiger partial charge in [0.25, 0.3) is 12.0 Å². The zero-order valence-corrected chi connectivity index (χ0v) is 19.7. The topological polar surface area (TPSA) is 9.23 Å². The quantitative estimate of drug-likeness (QED) is 0.159. The molecule has 0 saturated heterocycles. The molecule has 280 valence electrons. The minimum absolute atomic E-state index is 1.48. The molecule has 0 aromatic rings. The lowest BCUT2D eigenvalue weighted by molar-refractivity contribution is -0.396. The molecule has 0 aliphatic carbocycles. The third-order valence-electron chi connectivity index (χ3n) is 4.83. The van der Waals surface area contributed by atoms with Gasteiger partial charge in [-0.25, -0.2) is 0 Å². The van der Waals surface area contributed by atoms with Crippen molar-refractivity contribution in [3.05, 3.63) is 23.2 Å². The van der Waals surface area contributed by atoms with E-state index < -0.39 is 95.3 Å². The predicted molar refractivity (Wildman–Crippen MR) is 81.1 cm³/mol. The first-order valence-corrected chi connectivity index (χ1v) is 9.58. The molecule has 0 heterocycles. The molecule has 0 unspecified atom stereocenters. The van der Waals surface area contributed by atoms with Crippen LogP contribution >= 0.6 is 0 Å². The zero-order chi connectivity index (χ0) is 39.0. The van der Waals surface area contributed by atoms with Gasteiger partial charge in [0.1, 0.15) is 0 Å². The van der Waals surface area contributed by atoms with Crippen LogP contribution in [0.25, 0.3) is 0 Å². The lowest BCUT2D eigenvalue weighted by Crippen LogP contribution is -2.64. The second-order valence-electron chi connectivity index (χ2n) is 7.99. The average molecular weight is 778 g/mol. The minimum atomic E-state index is -9.01. The summed E-state index contributed by atoms with van der Waals surface area (Å²) in [5.74, 6) is -70.6. The molecular formula is C16F30O. The summed E-state index contributed by atoms with van der Waals surface area (Å²) in [5.41, 5.74) is -12.6. The maximum absolute atomic E-state index is 14.0. The molecule has 47 heavy (non-hydrogen) atoms. The van der Waals surface area contributed by atoms with Crippen LogP contribution in [-0.4, -0.2) is 72.1 Å². The van der Waals surface area contributed by atoms with Crippen LogP contribution in [0.1, 0.15) is 0 Å². The van der Waals surface area contributed by atoms with Crippen molar-refractivity contribution < 1.29 is 136 Å². The molecule has 0 aromatic heterocycles. The Balaban J connectivity index is 8.47. The molecule has 0 spiro atoms. The number of hydrogen-bond donors (Lipinski definition) is 0. The fourth-order valence-corrected chi connectivity index (χ4v) is 2.42. The van der Waals surface area contributed by atoms with Crippen LogP contribution in [0.5, 0.6) is 0 Å². The van der Waals surface area contributed by atoms with Crippen molar-refractivity contribution in [1.29, 1.82) is 0 Å². The molecule has 31 heteroatoms. The van der Waals surface area contributed by atoms with Gasteiger partial charge < -0.3 is 4.74 Å². The van der Waals surface area contributed by atoms with Gasteiger partial charge in [-0.1, -0.05) is 0 Å². The number of halogens is 30. The monoisotopic (exact) mass is 778 g/mol. The highest BCUT2D eigenvalue weighted by Crippen LogP contribution is 2.62. The van der Waals surface area contributed by atoms with Crippen molar-refractivity contribution in [2.75, 3.05) is 0 Å². The molecule has 0 amide bonds. The van der Waals surface area contributed by atoms with E-state index in [0.29, 0.717) is 0 Å². The average Bonchev–Trinajstić information content (AvgIpc) is 2.74. The van der Waals surface area contributed by atoms with Gasteiger partial charge in [0, 0.05) is 0 Å². The Morgan fingerprint density at radius 3 is 0.596 bits per heavy atom. The summed E-state index contributed by atoms with van der Waals surface area (Å²) < 4.78 is 393. The van der Waals surface area contributed by atoms with Crippen molar-refractivity contribution in [2.24, 2.45) is 0 Å². The summed E-state index contributed by atoms with van der Waals surface area (Å²) in [6, 6.07) is -11.8. The fraction of sp³-hybridized carbons (Fsp3) is 0.750. The van der Waals surface area contributed by atoms with Gasteiger partial charge in [-0.05, 0) is 0 Å². The molecule has 1 nitrogen and oxygen atoms in total. The summed E-state index contributed by atoms with van der Waals surface area (Å²) in [4.78, 5) is 0. The summed E-state index contributed by atoms with van der Waals surface area (Å²) in [5, 5.41) is 0. The maximum atomic E-state index is 14.0. The van der Waals surface area contributed by atoms with Crippen LogP contribution in [-0.2, 0) is 4.74 Å². The van der Waals surface area contributed by atoms with E-state index in [0.717, 1.165) is 0 Å². The van der Waals surface area contributed by atoms with Gasteiger partial charge in [-0.3, -0.25) is 0 Å². The van der Waals surface area contributed by atoms with Crippen molar-refractivity contribution in [1.82, 2.24) is 0 Å².